The number of methoxy groups -OCH3 is 2. The minimum atomic E-state index is -0.460. The van der Waals surface area contributed by atoms with E-state index in [9.17, 15) is 24.0 Å². The van der Waals surface area contributed by atoms with Crippen LogP contribution in [0.1, 0.15) is 92.9 Å². The largest absolute Gasteiger partial charge is 0.468 e. The van der Waals surface area contributed by atoms with Gasteiger partial charge in [0, 0.05) is 45.1 Å². The molecule has 2 amide bonds. The molecule has 4 aliphatic heterocycles. The van der Waals surface area contributed by atoms with Crippen molar-refractivity contribution in [2.24, 2.45) is 0 Å². The number of amides is 2. The molecule has 45 heavy (non-hydrogen) atoms. The highest BCUT2D eigenvalue weighted by Gasteiger charge is 2.38. The van der Waals surface area contributed by atoms with Crippen LogP contribution in [-0.2, 0) is 33.3 Å². The third-order valence-electron chi connectivity index (χ3n) is 7.87. The Balaban J connectivity index is 0.000000261. The third-order valence-corrected chi connectivity index (χ3v) is 7.87. The van der Waals surface area contributed by atoms with Gasteiger partial charge >= 0.3 is 24.1 Å². The first-order valence-corrected chi connectivity index (χ1v) is 16.2. The lowest BCUT2D eigenvalue weighted by molar-refractivity contribution is -0.147. The Morgan fingerprint density at radius 3 is 1.64 bits per heavy atom. The van der Waals surface area contributed by atoms with E-state index in [0.717, 1.165) is 51.6 Å². The van der Waals surface area contributed by atoms with Crippen molar-refractivity contribution in [3.05, 3.63) is 0 Å². The molecule has 0 spiro atoms. The Morgan fingerprint density at radius 2 is 1.20 bits per heavy atom. The molecule has 13 nitrogen and oxygen atoms in total. The number of hydrogen-bond acceptors (Lipinski definition) is 11. The number of nitrogens with zero attached hydrogens (tertiary/aromatic N) is 3. The molecule has 4 saturated heterocycles. The SMILES string of the molecule is CC(C)(C)OC(=O)N1CCC(=O)CC1.COC(=O)[C@H]1CCCN1.COC(=O)[C@H]1CCCN1C1CCN(C(=O)OC(C)(C)C)CC1. The van der Waals surface area contributed by atoms with Crippen LogP contribution in [0, 0.1) is 0 Å². The fourth-order valence-electron chi connectivity index (χ4n) is 5.61. The van der Waals surface area contributed by atoms with Crippen molar-refractivity contribution in [3.63, 3.8) is 0 Å². The van der Waals surface area contributed by atoms with E-state index < -0.39 is 11.2 Å². The number of ether oxygens (including phenoxy) is 4. The molecule has 0 aliphatic carbocycles. The summed E-state index contributed by atoms with van der Waals surface area (Å²) in [5.41, 5.74) is -0.919. The van der Waals surface area contributed by atoms with Crippen LogP contribution in [0.3, 0.4) is 0 Å². The highest BCUT2D eigenvalue weighted by atomic mass is 16.6. The van der Waals surface area contributed by atoms with Crippen LogP contribution in [0.2, 0.25) is 0 Å². The summed E-state index contributed by atoms with van der Waals surface area (Å²) in [5.74, 6) is -0.0376. The number of rotatable bonds is 3. The highest BCUT2D eigenvalue weighted by Crippen LogP contribution is 2.27. The predicted molar refractivity (Wildman–Crippen MR) is 168 cm³/mol. The van der Waals surface area contributed by atoms with Crippen LogP contribution in [-0.4, -0.2) is 127 Å². The number of ketones is 1. The zero-order valence-corrected chi connectivity index (χ0v) is 28.6. The maximum absolute atomic E-state index is 12.1. The van der Waals surface area contributed by atoms with Gasteiger partial charge in [0.05, 0.1) is 14.2 Å². The lowest BCUT2D eigenvalue weighted by Crippen LogP contribution is -2.50. The molecule has 4 rings (SSSR count). The van der Waals surface area contributed by atoms with Crippen molar-refractivity contribution in [1.29, 1.82) is 0 Å². The molecule has 0 saturated carbocycles. The average Bonchev–Trinajstić information content (AvgIpc) is 3.69. The molecule has 0 aromatic heterocycles. The van der Waals surface area contributed by atoms with Crippen molar-refractivity contribution in [1.82, 2.24) is 20.0 Å². The molecular formula is C32H56N4O9. The average molecular weight is 641 g/mol. The Labute approximate surface area is 268 Å². The standard InChI is InChI=1S/C16H28N2O4.C10H17NO3.C6H11NO2/c1-16(2,3)22-15(20)17-10-7-12(8-11-17)18-9-5-6-13(18)14(19)21-4;1-10(2,3)14-9(13)11-6-4-8(12)5-7-11;1-9-6(8)5-3-2-4-7-5/h12-13H,5-11H2,1-4H3;4-7H2,1-3H3;5,7H,2-4H2,1H3/t13-;;5-/m1.1/s1. The smallest absolute Gasteiger partial charge is 0.410 e. The normalized spacial score (nSPS) is 22.8. The summed E-state index contributed by atoms with van der Waals surface area (Å²) in [6.07, 6.45) is 6.04. The zero-order chi connectivity index (χ0) is 33.8. The van der Waals surface area contributed by atoms with Gasteiger partial charge in [0.2, 0.25) is 0 Å². The molecular weight excluding hydrogens is 584 g/mol. The van der Waals surface area contributed by atoms with Gasteiger partial charge in [-0.3, -0.25) is 19.3 Å². The van der Waals surface area contributed by atoms with Gasteiger partial charge in [-0.25, -0.2) is 9.59 Å². The number of Topliss-reactive ketones (excluding diaryl/α,β-unsaturated/α-hetero) is 1. The van der Waals surface area contributed by atoms with E-state index in [1.165, 1.54) is 14.2 Å². The summed E-state index contributed by atoms with van der Waals surface area (Å²) in [5, 5.41) is 3.03. The number of esters is 2. The van der Waals surface area contributed by atoms with E-state index in [1.54, 1.807) is 9.80 Å². The van der Waals surface area contributed by atoms with Gasteiger partial charge in [-0.15, -0.1) is 0 Å². The van der Waals surface area contributed by atoms with E-state index in [0.29, 0.717) is 45.1 Å². The van der Waals surface area contributed by atoms with Gasteiger partial charge in [-0.2, -0.15) is 0 Å². The van der Waals surface area contributed by atoms with Crippen molar-refractivity contribution in [3.8, 4) is 0 Å². The molecule has 13 heteroatoms. The number of carbonyl (C=O) groups is 5. The molecule has 4 heterocycles. The first kappa shape index (κ1) is 38.3. The quantitative estimate of drug-likeness (QED) is 0.357. The van der Waals surface area contributed by atoms with Crippen LogP contribution >= 0.6 is 0 Å². The molecule has 4 fully saturated rings. The van der Waals surface area contributed by atoms with Crippen molar-refractivity contribution >= 4 is 29.9 Å². The second-order valence-electron chi connectivity index (χ2n) is 13.8. The van der Waals surface area contributed by atoms with Gasteiger partial charge in [-0.05, 0) is 93.2 Å². The molecule has 0 aromatic rings. The molecule has 2 atom stereocenters. The topological polar surface area (TPSA) is 144 Å². The number of nitrogens with one attached hydrogen (secondary N) is 1. The lowest BCUT2D eigenvalue weighted by Gasteiger charge is -2.38. The van der Waals surface area contributed by atoms with Gasteiger partial charge in [-0.1, -0.05) is 0 Å². The minimum Gasteiger partial charge on any atom is -0.468 e. The Morgan fingerprint density at radius 1 is 0.689 bits per heavy atom. The summed E-state index contributed by atoms with van der Waals surface area (Å²) < 4.78 is 20.0. The van der Waals surface area contributed by atoms with E-state index in [-0.39, 0.29) is 42.0 Å². The fourth-order valence-corrected chi connectivity index (χ4v) is 5.61. The van der Waals surface area contributed by atoms with E-state index in [1.807, 2.05) is 41.5 Å². The predicted octanol–water partition coefficient (Wildman–Crippen LogP) is 3.52. The first-order valence-electron chi connectivity index (χ1n) is 16.2. The van der Waals surface area contributed by atoms with Crippen molar-refractivity contribution in [2.75, 3.05) is 53.5 Å². The maximum Gasteiger partial charge on any atom is 0.410 e. The lowest BCUT2D eigenvalue weighted by atomic mass is 10.0. The third kappa shape index (κ3) is 13.5. The summed E-state index contributed by atoms with van der Waals surface area (Å²) >= 11 is 0. The van der Waals surface area contributed by atoms with Crippen LogP contribution in [0.4, 0.5) is 9.59 Å². The van der Waals surface area contributed by atoms with Gasteiger partial charge in [0.25, 0.3) is 0 Å². The molecule has 0 unspecified atom stereocenters. The molecule has 258 valence electrons. The molecule has 0 aromatic carbocycles. The molecule has 0 radical (unpaired) electrons. The van der Waals surface area contributed by atoms with E-state index in [4.69, 9.17) is 14.2 Å². The number of carbonyl (C=O) groups excluding carboxylic acids is 5. The highest BCUT2D eigenvalue weighted by molar-refractivity contribution is 5.81. The molecule has 1 N–H and O–H groups in total. The Hall–Kier alpha value is -2.93. The number of piperidine rings is 2. The van der Waals surface area contributed by atoms with Gasteiger partial charge in [0.15, 0.2) is 0 Å². The van der Waals surface area contributed by atoms with Crippen LogP contribution in [0.15, 0.2) is 0 Å². The van der Waals surface area contributed by atoms with Crippen LogP contribution < -0.4 is 5.32 Å². The molecule has 0 bridgehead atoms. The summed E-state index contributed by atoms with van der Waals surface area (Å²) in [6.45, 7) is 15.4. The Bertz CT molecular complexity index is 984. The van der Waals surface area contributed by atoms with Crippen molar-refractivity contribution in [2.45, 2.75) is 122 Å². The molecule has 4 aliphatic rings. The monoisotopic (exact) mass is 640 g/mol. The summed E-state index contributed by atoms with van der Waals surface area (Å²) in [4.78, 5) is 62.7. The Kier molecular flexibility index (Phi) is 15.0. The van der Waals surface area contributed by atoms with E-state index in [2.05, 4.69) is 15.0 Å². The van der Waals surface area contributed by atoms with Crippen LogP contribution in [0.25, 0.3) is 0 Å². The first-order chi connectivity index (χ1) is 21.0. The number of likely N-dealkylation sites (tertiary alicyclic amines) is 3. The van der Waals surface area contributed by atoms with Crippen LogP contribution in [0.5, 0.6) is 0 Å². The fraction of sp³-hybridized carbons (Fsp3) is 0.844. The minimum absolute atomic E-state index is 0.0324. The zero-order valence-electron chi connectivity index (χ0n) is 28.6. The van der Waals surface area contributed by atoms with Crippen molar-refractivity contribution < 1.29 is 42.9 Å². The maximum atomic E-state index is 12.1. The summed E-state index contributed by atoms with van der Waals surface area (Å²) in [7, 11) is 2.87. The van der Waals surface area contributed by atoms with Gasteiger partial charge < -0.3 is 34.1 Å². The number of hydrogen-bond donors (Lipinski definition) is 1. The summed E-state index contributed by atoms with van der Waals surface area (Å²) in [6, 6.07) is 0.211. The second kappa shape index (κ2) is 17.7. The van der Waals surface area contributed by atoms with E-state index >= 15 is 0 Å². The van der Waals surface area contributed by atoms with Gasteiger partial charge in [0.1, 0.15) is 29.1 Å². The second-order valence-corrected chi connectivity index (χ2v) is 13.8.